The van der Waals surface area contributed by atoms with Crippen molar-refractivity contribution in [3.8, 4) is 11.8 Å². The summed E-state index contributed by atoms with van der Waals surface area (Å²) in [6, 6.07) is 14.1. The largest absolute Gasteiger partial charge is 0.340 e. The second kappa shape index (κ2) is 11.8. The van der Waals surface area contributed by atoms with Gasteiger partial charge in [0.1, 0.15) is 5.82 Å². The van der Waals surface area contributed by atoms with Crippen LogP contribution in [0.3, 0.4) is 0 Å². The molecule has 47 heavy (non-hydrogen) atoms. The summed E-state index contributed by atoms with van der Waals surface area (Å²) in [7, 11) is 1.58. The number of aryl methyl sites for hydroxylation is 1. The lowest BCUT2D eigenvalue weighted by atomic mass is 10.0. The van der Waals surface area contributed by atoms with Crippen molar-refractivity contribution >= 4 is 45.9 Å². The number of imidazole rings is 1. The standard InChI is InChI=1S/C35H32N8O4/c1-4-6-19-41-29-30(38-34(41)40-18-11-13-22(20-40)43-31(44)23-14-7-8-15-24(23)32(43)45)39(3)35(47)42(33(29)46)21-28-36-26(12-5-2)25-16-9-10-17-27(25)37-28/h5,7-10,12,14-17,22H,11,13,18-21H2,1-3H3/b12-5+/t22-/m1/s1. The molecule has 5 heterocycles. The third-order valence-electron chi connectivity index (χ3n) is 8.80. The van der Waals surface area contributed by atoms with Gasteiger partial charge in [-0.3, -0.25) is 33.0 Å². The smallest absolute Gasteiger partial charge is 0.332 e. The number of piperidine rings is 1. The molecular weight excluding hydrogens is 596 g/mol. The fourth-order valence-corrected chi connectivity index (χ4v) is 6.58. The molecule has 1 saturated heterocycles. The molecule has 3 aromatic heterocycles. The maximum Gasteiger partial charge on any atom is 0.332 e. The molecule has 0 N–H and O–H groups in total. The van der Waals surface area contributed by atoms with Crippen LogP contribution >= 0.6 is 0 Å². The highest BCUT2D eigenvalue weighted by Gasteiger charge is 2.41. The lowest BCUT2D eigenvalue weighted by Gasteiger charge is -2.37. The summed E-state index contributed by atoms with van der Waals surface area (Å²) in [5.41, 5.74) is 1.59. The molecule has 1 fully saturated rings. The predicted molar refractivity (Wildman–Crippen MR) is 178 cm³/mol. The van der Waals surface area contributed by atoms with Gasteiger partial charge in [0.05, 0.1) is 41.5 Å². The van der Waals surface area contributed by atoms with Gasteiger partial charge in [-0.05, 0) is 51.0 Å². The number of benzene rings is 2. The van der Waals surface area contributed by atoms with Gasteiger partial charge in [0.25, 0.3) is 17.4 Å². The molecule has 0 bridgehead atoms. The molecule has 12 nitrogen and oxygen atoms in total. The summed E-state index contributed by atoms with van der Waals surface area (Å²) in [6.07, 6.45) is 5.08. The van der Waals surface area contributed by atoms with Gasteiger partial charge in [-0.25, -0.2) is 14.8 Å². The Hall–Kier alpha value is -5.83. The van der Waals surface area contributed by atoms with Crippen molar-refractivity contribution in [1.82, 2.24) is 33.6 Å². The highest BCUT2D eigenvalue weighted by atomic mass is 16.2. The highest BCUT2D eigenvalue weighted by molar-refractivity contribution is 6.21. The van der Waals surface area contributed by atoms with Crippen LogP contribution in [0.4, 0.5) is 5.95 Å². The summed E-state index contributed by atoms with van der Waals surface area (Å²) in [4.78, 5) is 72.0. The van der Waals surface area contributed by atoms with Crippen LogP contribution in [0.15, 0.2) is 64.2 Å². The Morgan fingerprint density at radius 3 is 2.38 bits per heavy atom. The highest BCUT2D eigenvalue weighted by Crippen LogP contribution is 2.30. The maximum absolute atomic E-state index is 14.2. The predicted octanol–water partition coefficient (Wildman–Crippen LogP) is 3.21. The molecule has 2 aliphatic rings. The minimum Gasteiger partial charge on any atom is -0.340 e. The van der Waals surface area contributed by atoms with Crippen molar-refractivity contribution in [2.45, 2.75) is 45.8 Å². The Kier molecular flexibility index (Phi) is 7.52. The summed E-state index contributed by atoms with van der Waals surface area (Å²) < 4.78 is 4.21. The van der Waals surface area contributed by atoms with Gasteiger partial charge in [-0.2, -0.15) is 4.98 Å². The van der Waals surface area contributed by atoms with E-state index in [1.54, 1.807) is 42.8 Å². The van der Waals surface area contributed by atoms with Crippen LogP contribution in [-0.2, 0) is 20.1 Å². The summed E-state index contributed by atoms with van der Waals surface area (Å²) in [5, 5.41) is 0.868. The number of imide groups is 1. The fourth-order valence-electron chi connectivity index (χ4n) is 6.58. The Balaban J connectivity index is 1.30. The molecule has 2 amide bonds. The first-order valence-corrected chi connectivity index (χ1v) is 15.5. The van der Waals surface area contributed by atoms with Crippen LogP contribution in [0.25, 0.3) is 28.1 Å². The van der Waals surface area contributed by atoms with Crippen molar-refractivity contribution in [3.05, 3.63) is 98.1 Å². The minimum atomic E-state index is -0.549. The number of para-hydroxylation sites is 1. The van der Waals surface area contributed by atoms with E-state index < -0.39 is 17.3 Å². The monoisotopic (exact) mass is 628 g/mol. The molecule has 0 spiro atoms. The Labute approximate surface area is 269 Å². The topological polar surface area (TPSA) is 128 Å². The average molecular weight is 629 g/mol. The Morgan fingerprint density at radius 1 is 0.936 bits per heavy atom. The molecule has 1 atom stereocenters. The molecule has 0 unspecified atom stereocenters. The van der Waals surface area contributed by atoms with Crippen LogP contribution in [0, 0.1) is 11.8 Å². The number of aromatic nitrogens is 6. The Bertz CT molecular complexity index is 2280. The zero-order valence-corrected chi connectivity index (χ0v) is 26.3. The molecule has 5 aromatic rings. The molecule has 0 saturated carbocycles. The number of anilines is 1. The van der Waals surface area contributed by atoms with E-state index in [2.05, 4.69) is 21.8 Å². The van der Waals surface area contributed by atoms with E-state index in [0.29, 0.717) is 60.0 Å². The van der Waals surface area contributed by atoms with Gasteiger partial charge in [0.15, 0.2) is 11.2 Å². The van der Waals surface area contributed by atoms with Crippen LogP contribution in [0.5, 0.6) is 0 Å². The Morgan fingerprint density at radius 2 is 1.66 bits per heavy atom. The first kappa shape index (κ1) is 29.9. The number of hydrogen-bond donors (Lipinski definition) is 0. The molecule has 7 rings (SSSR count). The van der Waals surface area contributed by atoms with Gasteiger partial charge in [-0.1, -0.05) is 42.3 Å². The van der Waals surface area contributed by atoms with Crippen molar-refractivity contribution in [2.75, 3.05) is 18.0 Å². The zero-order chi connectivity index (χ0) is 32.8. The van der Waals surface area contributed by atoms with Gasteiger partial charge in [0, 0.05) is 25.5 Å². The van der Waals surface area contributed by atoms with Crippen molar-refractivity contribution in [1.29, 1.82) is 0 Å². The van der Waals surface area contributed by atoms with E-state index in [1.165, 1.54) is 9.47 Å². The lowest BCUT2D eigenvalue weighted by Crippen LogP contribution is -2.50. The number of carbonyl (C=O) groups excluding carboxylic acids is 2. The summed E-state index contributed by atoms with van der Waals surface area (Å²) in [5.74, 6) is 6.11. The zero-order valence-electron chi connectivity index (χ0n) is 26.3. The minimum absolute atomic E-state index is 0.137. The summed E-state index contributed by atoms with van der Waals surface area (Å²) in [6.45, 7) is 4.54. The van der Waals surface area contributed by atoms with E-state index in [1.807, 2.05) is 48.2 Å². The molecule has 236 valence electrons. The van der Waals surface area contributed by atoms with E-state index >= 15 is 0 Å². The van der Waals surface area contributed by atoms with Crippen LogP contribution in [0.1, 0.15) is 58.9 Å². The van der Waals surface area contributed by atoms with Crippen molar-refractivity contribution in [3.63, 3.8) is 0 Å². The molecule has 0 aliphatic carbocycles. The number of allylic oxidation sites excluding steroid dienone is 1. The molecule has 0 radical (unpaired) electrons. The van der Waals surface area contributed by atoms with Gasteiger partial charge in [0.2, 0.25) is 5.95 Å². The normalized spacial score (nSPS) is 16.4. The average Bonchev–Trinajstić information content (AvgIpc) is 3.60. The number of carbonyl (C=O) groups is 2. The third-order valence-corrected chi connectivity index (χ3v) is 8.80. The summed E-state index contributed by atoms with van der Waals surface area (Å²) >= 11 is 0. The van der Waals surface area contributed by atoms with Gasteiger partial charge >= 0.3 is 5.69 Å². The SMILES string of the molecule is CC#CCn1c(N2CCC[C@@H](N3C(=O)c4ccccc4C3=O)C2)nc2c1c(=O)n(Cc1nc(/C=C/C)c3ccccc3n1)c(=O)n2C. The first-order valence-electron chi connectivity index (χ1n) is 15.5. The molecule has 2 aromatic carbocycles. The second-order valence-corrected chi connectivity index (χ2v) is 11.6. The number of rotatable bonds is 6. The van der Waals surface area contributed by atoms with E-state index in [9.17, 15) is 19.2 Å². The molecule has 12 heteroatoms. The number of fused-ring (bicyclic) bond motifs is 3. The van der Waals surface area contributed by atoms with Gasteiger partial charge in [-0.15, -0.1) is 5.92 Å². The molecule has 2 aliphatic heterocycles. The van der Waals surface area contributed by atoms with Crippen molar-refractivity contribution < 1.29 is 9.59 Å². The maximum atomic E-state index is 14.2. The van der Waals surface area contributed by atoms with E-state index in [0.717, 1.165) is 9.95 Å². The molecular formula is C35H32N8O4. The van der Waals surface area contributed by atoms with Crippen molar-refractivity contribution in [2.24, 2.45) is 7.05 Å². The van der Waals surface area contributed by atoms with Crippen LogP contribution < -0.4 is 16.1 Å². The van der Waals surface area contributed by atoms with Crippen LogP contribution in [0.2, 0.25) is 0 Å². The van der Waals surface area contributed by atoms with E-state index in [4.69, 9.17) is 4.98 Å². The fraction of sp³-hybridized carbons (Fsp3) is 0.286. The second-order valence-electron chi connectivity index (χ2n) is 11.6. The first-order chi connectivity index (χ1) is 22.8. The van der Waals surface area contributed by atoms with E-state index in [-0.39, 0.29) is 36.1 Å². The number of amides is 2. The third kappa shape index (κ3) is 4.91. The van der Waals surface area contributed by atoms with Gasteiger partial charge < -0.3 is 4.90 Å². The lowest BCUT2D eigenvalue weighted by molar-refractivity contribution is 0.0569. The number of hydrogen-bond acceptors (Lipinski definition) is 8. The van der Waals surface area contributed by atoms with Crippen LogP contribution in [-0.4, -0.2) is 64.5 Å². The quantitative estimate of drug-likeness (QED) is 0.207. The number of nitrogens with zero attached hydrogens (tertiary/aromatic N) is 8.